The van der Waals surface area contributed by atoms with E-state index in [4.69, 9.17) is 10.5 Å². The predicted molar refractivity (Wildman–Crippen MR) is 74.5 cm³/mol. The van der Waals surface area contributed by atoms with Crippen LogP contribution in [-0.4, -0.2) is 40.4 Å². The van der Waals surface area contributed by atoms with Crippen molar-refractivity contribution in [2.75, 3.05) is 19.0 Å². The maximum absolute atomic E-state index is 11.8. The second kappa shape index (κ2) is 6.78. The lowest BCUT2D eigenvalue weighted by Gasteiger charge is -2.12. The molecule has 0 aliphatic carbocycles. The van der Waals surface area contributed by atoms with Crippen LogP contribution < -0.4 is 11.1 Å². The molecule has 1 amide bonds. The lowest BCUT2D eigenvalue weighted by molar-refractivity contribution is -0.118. The van der Waals surface area contributed by atoms with Crippen molar-refractivity contribution in [2.45, 2.75) is 12.5 Å². The van der Waals surface area contributed by atoms with Gasteiger partial charge in [-0.15, -0.1) is 0 Å². The molecule has 0 radical (unpaired) electrons. The van der Waals surface area contributed by atoms with Crippen LogP contribution >= 0.6 is 0 Å². The quantitative estimate of drug-likeness (QED) is 0.803. The largest absolute Gasteiger partial charge is 0.380 e. The Hall–Kier alpha value is -2.25. The van der Waals surface area contributed by atoms with Crippen LogP contribution in [0.2, 0.25) is 0 Å². The third-order valence-electron chi connectivity index (χ3n) is 2.78. The van der Waals surface area contributed by atoms with Gasteiger partial charge in [0, 0.05) is 26.0 Å². The van der Waals surface area contributed by atoms with E-state index in [-0.39, 0.29) is 18.4 Å². The van der Waals surface area contributed by atoms with Crippen LogP contribution in [0.3, 0.4) is 0 Å². The van der Waals surface area contributed by atoms with E-state index in [0.717, 1.165) is 0 Å². The van der Waals surface area contributed by atoms with Gasteiger partial charge in [-0.25, -0.2) is 9.67 Å². The number of hydrogen-bond donors (Lipinski definition) is 2. The van der Waals surface area contributed by atoms with Gasteiger partial charge in [-0.3, -0.25) is 4.79 Å². The smallest absolute Gasteiger partial charge is 0.227 e. The zero-order valence-electron chi connectivity index (χ0n) is 11.2. The van der Waals surface area contributed by atoms with Gasteiger partial charge in [0.25, 0.3) is 0 Å². The molecule has 7 nitrogen and oxygen atoms in total. The van der Waals surface area contributed by atoms with E-state index in [9.17, 15) is 4.79 Å². The molecule has 0 bridgehead atoms. The standard InChI is InChI=1S/C13H17N5O2/c1-20-11(8-14)7-13(19)17-10-3-4-12(15-9-10)18-6-2-5-16-18/h2-6,9,11H,7-8,14H2,1H3,(H,17,19). The first-order valence-electron chi connectivity index (χ1n) is 6.21. The molecule has 7 heteroatoms. The predicted octanol–water partition coefficient (Wildman–Crippen LogP) is 0.570. The number of nitrogens with one attached hydrogen (secondary N) is 1. The number of nitrogens with zero attached hydrogens (tertiary/aromatic N) is 3. The Morgan fingerprint density at radius 2 is 2.40 bits per heavy atom. The molecule has 3 N–H and O–H groups in total. The lowest BCUT2D eigenvalue weighted by atomic mass is 10.2. The molecule has 0 spiro atoms. The Morgan fingerprint density at radius 3 is 2.95 bits per heavy atom. The molecule has 0 aromatic carbocycles. The summed E-state index contributed by atoms with van der Waals surface area (Å²) in [5.74, 6) is 0.528. The zero-order valence-corrected chi connectivity index (χ0v) is 11.2. The molecule has 0 saturated carbocycles. The lowest BCUT2D eigenvalue weighted by Crippen LogP contribution is -2.28. The molecule has 0 aliphatic heterocycles. The molecule has 2 aromatic heterocycles. The van der Waals surface area contributed by atoms with E-state index >= 15 is 0 Å². The van der Waals surface area contributed by atoms with Crippen molar-refractivity contribution in [3.05, 3.63) is 36.8 Å². The highest BCUT2D eigenvalue weighted by molar-refractivity contribution is 5.90. The van der Waals surface area contributed by atoms with Crippen LogP contribution in [0, 0.1) is 0 Å². The minimum absolute atomic E-state index is 0.157. The van der Waals surface area contributed by atoms with Crippen LogP contribution in [-0.2, 0) is 9.53 Å². The van der Waals surface area contributed by atoms with E-state index in [2.05, 4.69) is 15.4 Å². The van der Waals surface area contributed by atoms with Gasteiger partial charge in [-0.2, -0.15) is 5.10 Å². The molecule has 2 aromatic rings. The monoisotopic (exact) mass is 275 g/mol. The number of pyridine rings is 1. The number of anilines is 1. The Bertz CT molecular complexity index is 534. The van der Waals surface area contributed by atoms with Gasteiger partial charge in [0.15, 0.2) is 5.82 Å². The summed E-state index contributed by atoms with van der Waals surface area (Å²) in [6, 6.07) is 5.36. The normalized spacial score (nSPS) is 12.1. The van der Waals surface area contributed by atoms with Crippen LogP contribution in [0.5, 0.6) is 0 Å². The van der Waals surface area contributed by atoms with E-state index < -0.39 is 0 Å². The number of carbonyl (C=O) groups excluding carboxylic acids is 1. The van der Waals surface area contributed by atoms with Gasteiger partial charge < -0.3 is 15.8 Å². The third kappa shape index (κ3) is 3.62. The maximum atomic E-state index is 11.8. The number of rotatable bonds is 6. The topological polar surface area (TPSA) is 95.1 Å². The Kier molecular flexibility index (Phi) is 4.80. The minimum atomic E-state index is -0.272. The van der Waals surface area contributed by atoms with Crippen molar-refractivity contribution >= 4 is 11.6 Å². The first-order chi connectivity index (χ1) is 9.72. The number of nitrogens with two attached hydrogens (primary N) is 1. The summed E-state index contributed by atoms with van der Waals surface area (Å²) in [7, 11) is 1.53. The molecule has 2 rings (SSSR count). The second-order valence-electron chi connectivity index (χ2n) is 4.20. The summed E-state index contributed by atoms with van der Waals surface area (Å²) in [4.78, 5) is 16.0. The number of methoxy groups -OCH3 is 1. The van der Waals surface area contributed by atoms with E-state index in [1.54, 1.807) is 35.4 Å². The highest BCUT2D eigenvalue weighted by Gasteiger charge is 2.11. The summed E-state index contributed by atoms with van der Waals surface area (Å²) in [5.41, 5.74) is 6.09. The molecule has 0 saturated heterocycles. The van der Waals surface area contributed by atoms with Crippen molar-refractivity contribution in [3.8, 4) is 5.82 Å². The second-order valence-corrected chi connectivity index (χ2v) is 4.20. The minimum Gasteiger partial charge on any atom is -0.380 e. The number of carbonyl (C=O) groups is 1. The fourth-order valence-electron chi connectivity index (χ4n) is 1.68. The molecule has 2 heterocycles. The van der Waals surface area contributed by atoms with E-state index in [1.165, 1.54) is 7.11 Å². The summed E-state index contributed by atoms with van der Waals surface area (Å²) in [5, 5.41) is 6.82. The molecule has 0 aliphatic rings. The van der Waals surface area contributed by atoms with Crippen LogP contribution in [0.25, 0.3) is 5.82 Å². The van der Waals surface area contributed by atoms with Gasteiger partial charge in [0.1, 0.15) is 0 Å². The Balaban J connectivity index is 1.95. The number of ether oxygens (including phenoxy) is 1. The summed E-state index contributed by atoms with van der Waals surface area (Å²) < 4.78 is 6.70. The number of aromatic nitrogens is 3. The van der Waals surface area contributed by atoms with E-state index in [1.807, 2.05) is 6.07 Å². The molecule has 0 fully saturated rings. The fourth-order valence-corrected chi connectivity index (χ4v) is 1.68. The highest BCUT2D eigenvalue weighted by Crippen LogP contribution is 2.10. The van der Waals surface area contributed by atoms with Gasteiger partial charge in [0.05, 0.1) is 24.4 Å². The number of amides is 1. The summed E-state index contributed by atoms with van der Waals surface area (Å²) in [6.07, 6.45) is 5.00. The van der Waals surface area contributed by atoms with Crippen LogP contribution in [0.1, 0.15) is 6.42 Å². The summed E-state index contributed by atoms with van der Waals surface area (Å²) >= 11 is 0. The molecule has 20 heavy (non-hydrogen) atoms. The van der Waals surface area contributed by atoms with Crippen LogP contribution in [0.15, 0.2) is 36.8 Å². The van der Waals surface area contributed by atoms with Crippen molar-refractivity contribution in [1.82, 2.24) is 14.8 Å². The van der Waals surface area contributed by atoms with Crippen molar-refractivity contribution in [3.63, 3.8) is 0 Å². The number of hydrogen-bond acceptors (Lipinski definition) is 5. The van der Waals surface area contributed by atoms with Gasteiger partial charge >= 0.3 is 0 Å². The highest BCUT2D eigenvalue weighted by atomic mass is 16.5. The Labute approximate surface area is 116 Å². The van der Waals surface area contributed by atoms with Crippen molar-refractivity contribution in [2.24, 2.45) is 5.73 Å². The first-order valence-corrected chi connectivity index (χ1v) is 6.21. The molecule has 1 atom stereocenters. The molecular formula is C13H17N5O2. The Morgan fingerprint density at radius 1 is 1.55 bits per heavy atom. The average Bonchev–Trinajstić information content (AvgIpc) is 2.99. The van der Waals surface area contributed by atoms with Crippen molar-refractivity contribution in [1.29, 1.82) is 0 Å². The zero-order chi connectivity index (χ0) is 14.4. The maximum Gasteiger partial charge on any atom is 0.227 e. The SMILES string of the molecule is COC(CN)CC(=O)Nc1ccc(-n2cccn2)nc1. The van der Waals surface area contributed by atoms with Gasteiger partial charge in [-0.1, -0.05) is 0 Å². The van der Waals surface area contributed by atoms with Gasteiger partial charge in [0.2, 0.25) is 5.91 Å². The summed E-state index contributed by atoms with van der Waals surface area (Å²) in [6.45, 7) is 0.306. The molecular weight excluding hydrogens is 258 g/mol. The average molecular weight is 275 g/mol. The van der Waals surface area contributed by atoms with E-state index in [0.29, 0.717) is 18.1 Å². The molecule has 1 unspecified atom stereocenters. The van der Waals surface area contributed by atoms with Gasteiger partial charge in [-0.05, 0) is 18.2 Å². The third-order valence-corrected chi connectivity index (χ3v) is 2.78. The fraction of sp³-hybridized carbons (Fsp3) is 0.308. The van der Waals surface area contributed by atoms with Crippen molar-refractivity contribution < 1.29 is 9.53 Å². The first kappa shape index (κ1) is 14.2. The van der Waals surface area contributed by atoms with Crippen LogP contribution in [0.4, 0.5) is 5.69 Å². The molecule has 106 valence electrons.